The van der Waals surface area contributed by atoms with E-state index >= 15 is 0 Å². The minimum Gasteiger partial charge on any atom is -0.0766 e. The summed E-state index contributed by atoms with van der Waals surface area (Å²) in [5, 5.41) is 0. The van der Waals surface area contributed by atoms with Crippen LogP contribution in [-0.4, -0.2) is 0 Å². The lowest BCUT2D eigenvalue weighted by Gasteiger charge is -2.33. The summed E-state index contributed by atoms with van der Waals surface area (Å²) in [7, 11) is 0. The van der Waals surface area contributed by atoms with Crippen LogP contribution in [0.25, 0.3) is 16.7 Å². The van der Waals surface area contributed by atoms with Crippen molar-refractivity contribution in [2.45, 2.75) is 200 Å². The van der Waals surface area contributed by atoms with Crippen molar-refractivity contribution >= 4 is 5.57 Å². The molecule has 0 heterocycles. The van der Waals surface area contributed by atoms with Crippen LogP contribution in [0.15, 0.2) is 42.5 Å². The zero-order chi connectivity index (χ0) is 31.6. The Kier molecular flexibility index (Phi) is 16.3. The molecule has 0 amide bonds. The molecular formula is C45H70. The van der Waals surface area contributed by atoms with E-state index in [-0.39, 0.29) is 5.41 Å². The molecule has 0 radical (unpaired) electrons. The van der Waals surface area contributed by atoms with E-state index in [2.05, 4.69) is 63.2 Å². The predicted octanol–water partition coefficient (Wildman–Crippen LogP) is 15.1. The third kappa shape index (κ3) is 10.6. The van der Waals surface area contributed by atoms with Crippen LogP contribution < -0.4 is 0 Å². The molecule has 0 saturated carbocycles. The first-order valence-corrected chi connectivity index (χ1v) is 20.2. The van der Waals surface area contributed by atoms with E-state index in [1.807, 2.05) is 0 Å². The maximum Gasteiger partial charge on any atom is 0.0215 e. The number of hydrogen-bond acceptors (Lipinski definition) is 0. The fourth-order valence-electron chi connectivity index (χ4n) is 8.65. The number of fused-ring (bicyclic) bond motifs is 4. The van der Waals surface area contributed by atoms with Gasteiger partial charge in [0.15, 0.2) is 0 Å². The summed E-state index contributed by atoms with van der Waals surface area (Å²) in [5.74, 6) is 0. The number of hydrogen-bond donors (Lipinski definition) is 0. The normalized spacial score (nSPS) is 14.4. The van der Waals surface area contributed by atoms with Gasteiger partial charge in [-0.15, -0.1) is 0 Å². The monoisotopic (exact) mass is 611 g/mol. The fourth-order valence-corrected chi connectivity index (χ4v) is 8.65. The van der Waals surface area contributed by atoms with Crippen LogP contribution >= 0.6 is 0 Å². The molecule has 4 rings (SSSR count). The minimum absolute atomic E-state index is 0.209. The molecule has 0 nitrogen and oxygen atoms in total. The fraction of sp³-hybridized carbons (Fsp3) is 0.689. The van der Waals surface area contributed by atoms with Gasteiger partial charge in [0.05, 0.1) is 0 Å². The van der Waals surface area contributed by atoms with Crippen molar-refractivity contribution in [2.75, 3.05) is 0 Å². The average molecular weight is 611 g/mol. The van der Waals surface area contributed by atoms with E-state index in [9.17, 15) is 0 Å². The first-order chi connectivity index (χ1) is 22.2. The molecular weight excluding hydrogens is 540 g/mol. The molecule has 0 saturated heterocycles. The molecule has 0 fully saturated rings. The molecule has 0 aliphatic heterocycles. The molecule has 0 unspecified atom stereocenters. The van der Waals surface area contributed by atoms with Gasteiger partial charge >= 0.3 is 0 Å². The number of benzene rings is 2. The highest BCUT2D eigenvalue weighted by Gasteiger charge is 2.42. The lowest BCUT2D eigenvalue weighted by Crippen LogP contribution is -2.25. The molecule has 2 aliphatic carbocycles. The van der Waals surface area contributed by atoms with Crippen molar-refractivity contribution in [1.82, 2.24) is 0 Å². The second-order valence-corrected chi connectivity index (χ2v) is 15.1. The molecule has 250 valence electrons. The highest BCUT2D eigenvalue weighted by molar-refractivity contribution is 5.85. The van der Waals surface area contributed by atoms with Gasteiger partial charge in [0.25, 0.3) is 0 Å². The molecule has 2 aliphatic rings. The Morgan fingerprint density at radius 2 is 0.911 bits per heavy atom. The Bertz CT molecular complexity index is 1100. The molecule has 2 aromatic rings. The van der Waals surface area contributed by atoms with Gasteiger partial charge in [0, 0.05) is 5.41 Å². The van der Waals surface area contributed by atoms with Gasteiger partial charge in [-0.25, -0.2) is 0 Å². The quantitative estimate of drug-likeness (QED) is 0.0929. The van der Waals surface area contributed by atoms with Gasteiger partial charge in [-0.05, 0) is 77.3 Å². The van der Waals surface area contributed by atoms with Gasteiger partial charge in [-0.2, -0.15) is 0 Å². The first kappa shape index (κ1) is 36.0. The minimum atomic E-state index is 0.209. The van der Waals surface area contributed by atoms with Gasteiger partial charge in [0.2, 0.25) is 0 Å². The Labute approximate surface area is 280 Å². The maximum atomic E-state index is 2.66. The summed E-state index contributed by atoms with van der Waals surface area (Å²) in [6.45, 7) is 6.96. The summed E-state index contributed by atoms with van der Waals surface area (Å²) < 4.78 is 0. The van der Waals surface area contributed by atoms with Crippen molar-refractivity contribution < 1.29 is 0 Å². The Morgan fingerprint density at radius 3 is 1.40 bits per heavy atom. The summed E-state index contributed by atoms with van der Waals surface area (Å²) in [6.07, 6.45) is 40.5. The van der Waals surface area contributed by atoms with Crippen LogP contribution in [0.3, 0.4) is 0 Å². The van der Waals surface area contributed by atoms with Crippen molar-refractivity contribution in [2.24, 2.45) is 0 Å². The van der Waals surface area contributed by atoms with E-state index in [4.69, 9.17) is 0 Å². The van der Waals surface area contributed by atoms with Crippen LogP contribution in [0, 0.1) is 0 Å². The molecule has 0 heteroatoms. The Balaban J connectivity index is 1.30. The SMILES string of the molecule is CCCCCCCCCCCCCCC1(CCCCCCCCCCCCCC)c2ccccc2-c2cc3c(cc21)C(C)=CC3. The third-order valence-electron chi connectivity index (χ3n) is 11.5. The zero-order valence-corrected chi connectivity index (χ0v) is 30.1. The van der Waals surface area contributed by atoms with Crippen molar-refractivity contribution in [1.29, 1.82) is 0 Å². The van der Waals surface area contributed by atoms with Crippen LogP contribution in [0.1, 0.15) is 210 Å². The molecule has 0 bridgehead atoms. The van der Waals surface area contributed by atoms with Crippen LogP contribution in [0.5, 0.6) is 0 Å². The average Bonchev–Trinajstić information content (AvgIpc) is 3.55. The van der Waals surface area contributed by atoms with Gasteiger partial charge in [-0.3, -0.25) is 0 Å². The molecule has 45 heavy (non-hydrogen) atoms. The Hall–Kier alpha value is -1.82. The maximum absolute atomic E-state index is 2.66. The highest BCUT2D eigenvalue weighted by atomic mass is 14.5. The second kappa shape index (κ2) is 20.4. The van der Waals surface area contributed by atoms with Crippen LogP contribution in [-0.2, 0) is 11.8 Å². The first-order valence-electron chi connectivity index (χ1n) is 20.2. The van der Waals surface area contributed by atoms with Crippen molar-refractivity contribution in [3.05, 3.63) is 64.7 Å². The number of rotatable bonds is 26. The molecule has 0 atom stereocenters. The zero-order valence-electron chi connectivity index (χ0n) is 30.1. The number of allylic oxidation sites excluding steroid dienone is 2. The third-order valence-corrected chi connectivity index (χ3v) is 11.5. The van der Waals surface area contributed by atoms with E-state index in [1.54, 1.807) is 22.3 Å². The molecule has 0 spiro atoms. The number of unbranched alkanes of at least 4 members (excludes halogenated alkanes) is 22. The standard InChI is InChI=1S/C45H70/c1-4-6-8-10-12-14-16-18-20-22-24-28-34-45(35-29-25-23-21-19-17-15-13-11-9-7-5-2)43-31-27-26-30-40(43)42-36-39-33-32-38(3)41(39)37-44(42)45/h26-27,30-32,36-37H,4-25,28-29,33-35H2,1-3H3. The predicted molar refractivity (Wildman–Crippen MR) is 201 cm³/mol. The topological polar surface area (TPSA) is 0 Å². The second-order valence-electron chi connectivity index (χ2n) is 15.1. The van der Waals surface area contributed by atoms with E-state index in [1.165, 1.54) is 184 Å². The lowest BCUT2D eigenvalue weighted by molar-refractivity contribution is 0.396. The van der Waals surface area contributed by atoms with Crippen LogP contribution in [0.4, 0.5) is 0 Å². The molecule has 0 N–H and O–H groups in total. The summed E-state index contributed by atoms with van der Waals surface area (Å²) >= 11 is 0. The van der Waals surface area contributed by atoms with Crippen molar-refractivity contribution in [3.63, 3.8) is 0 Å². The Morgan fingerprint density at radius 1 is 0.467 bits per heavy atom. The lowest BCUT2D eigenvalue weighted by atomic mass is 9.70. The summed E-state index contributed by atoms with van der Waals surface area (Å²) in [4.78, 5) is 0. The highest BCUT2D eigenvalue weighted by Crippen LogP contribution is 2.55. The van der Waals surface area contributed by atoms with Gasteiger partial charge in [-0.1, -0.05) is 198 Å². The van der Waals surface area contributed by atoms with E-state index in [0.717, 1.165) is 6.42 Å². The largest absolute Gasteiger partial charge is 0.0766 e. The summed E-state index contributed by atoms with van der Waals surface area (Å²) in [5.41, 5.74) is 11.2. The van der Waals surface area contributed by atoms with E-state index in [0.29, 0.717) is 0 Å². The molecule has 2 aromatic carbocycles. The van der Waals surface area contributed by atoms with Crippen molar-refractivity contribution in [3.8, 4) is 11.1 Å². The van der Waals surface area contributed by atoms with Crippen LogP contribution in [0.2, 0.25) is 0 Å². The van der Waals surface area contributed by atoms with Gasteiger partial charge in [0.1, 0.15) is 0 Å². The van der Waals surface area contributed by atoms with Gasteiger partial charge < -0.3 is 0 Å². The summed E-state index contributed by atoms with van der Waals surface area (Å²) in [6, 6.07) is 14.8. The smallest absolute Gasteiger partial charge is 0.0215 e. The molecule has 0 aromatic heterocycles. The van der Waals surface area contributed by atoms with E-state index < -0.39 is 0 Å².